The van der Waals surface area contributed by atoms with E-state index in [9.17, 15) is 4.39 Å². The fraction of sp³-hybridized carbons (Fsp3) is 0.375. The lowest BCUT2D eigenvalue weighted by molar-refractivity contribution is 0.121. The molecule has 0 saturated carbocycles. The van der Waals surface area contributed by atoms with Crippen molar-refractivity contribution in [2.45, 2.75) is 26.1 Å². The number of piperazine rings is 1. The first-order valence-corrected chi connectivity index (χ1v) is 11.6. The Labute approximate surface area is 186 Å². The average molecular weight is 440 g/mol. The lowest BCUT2D eigenvalue weighted by atomic mass is 10.1. The van der Waals surface area contributed by atoms with Crippen LogP contribution in [-0.2, 0) is 26.1 Å². The Bertz CT molecular complexity index is 1020. The van der Waals surface area contributed by atoms with Crippen LogP contribution in [0.15, 0.2) is 47.8 Å². The summed E-state index contributed by atoms with van der Waals surface area (Å²) in [7, 11) is 0. The van der Waals surface area contributed by atoms with Gasteiger partial charge in [-0.15, -0.1) is 11.3 Å². The first kappa shape index (κ1) is 20.4. The molecule has 0 atom stereocenters. The van der Waals surface area contributed by atoms with Gasteiger partial charge in [-0.3, -0.25) is 9.80 Å². The molecule has 1 saturated heterocycles. The molecule has 0 amide bonds. The van der Waals surface area contributed by atoms with Gasteiger partial charge < -0.3 is 9.47 Å². The molecule has 3 aromatic rings. The van der Waals surface area contributed by atoms with Crippen molar-refractivity contribution in [1.82, 2.24) is 14.8 Å². The molecule has 0 unspecified atom stereocenters. The summed E-state index contributed by atoms with van der Waals surface area (Å²) in [5.41, 5.74) is 3.82. The van der Waals surface area contributed by atoms with Crippen LogP contribution < -0.4 is 9.47 Å². The van der Waals surface area contributed by atoms with Gasteiger partial charge in [-0.25, -0.2) is 9.37 Å². The van der Waals surface area contributed by atoms with Crippen LogP contribution in [0.4, 0.5) is 4.39 Å². The van der Waals surface area contributed by atoms with E-state index in [0.717, 1.165) is 68.7 Å². The molecule has 1 aromatic heterocycles. The summed E-state index contributed by atoms with van der Waals surface area (Å²) in [4.78, 5) is 9.70. The fourth-order valence-electron chi connectivity index (χ4n) is 4.09. The summed E-state index contributed by atoms with van der Waals surface area (Å²) < 4.78 is 24.3. The standard InChI is InChI=1S/C24H26FN3O2S/c25-20-2-4-22(5-3-20)30-16-24-26-21(17-31-24)15-28-10-8-27(9-11-28)14-18-1-6-23-19(13-18)7-12-29-23/h1-6,13,17H,7-12,14-16H2. The molecule has 7 heteroatoms. The molecule has 162 valence electrons. The Morgan fingerprint density at radius 1 is 1.00 bits per heavy atom. The van der Waals surface area contributed by atoms with E-state index >= 15 is 0 Å². The van der Waals surface area contributed by atoms with Crippen molar-refractivity contribution in [1.29, 1.82) is 0 Å². The Balaban J connectivity index is 1.07. The highest BCUT2D eigenvalue weighted by molar-refractivity contribution is 7.09. The number of halogens is 1. The predicted molar refractivity (Wildman–Crippen MR) is 119 cm³/mol. The van der Waals surface area contributed by atoms with Crippen LogP contribution in [-0.4, -0.2) is 47.6 Å². The van der Waals surface area contributed by atoms with Crippen molar-refractivity contribution < 1.29 is 13.9 Å². The third-order valence-corrected chi connectivity index (χ3v) is 6.66. The Kier molecular flexibility index (Phi) is 6.15. The van der Waals surface area contributed by atoms with Crippen molar-refractivity contribution >= 4 is 11.3 Å². The minimum atomic E-state index is -0.258. The van der Waals surface area contributed by atoms with Crippen molar-refractivity contribution in [2.24, 2.45) is 0 Å². The number of hydrogen-bond donors (Lipinski definition) is 0. The molecule has 5 nitrogen and oxygen atoms in total. The van der Waals surface area contributed by atoms with Crippen LogP contribution in [0.5, 0.6) is 11.5 Å². The number of fused-ring (bicyclic) bond motifs is 1. The van der Waals surface area contributed by atoms with Gasteiger partial charge in [0, 0.05) is 51.1 Å². The summed E-state index contributed by atoms with van der Waals surface area (Å²) in [6.45, 7) is 7.33. The van der Waals surface area contributed by atoms with Gasteiger partial charge in [-0.05, 0) is 41.5 Å². The molecule has 2 aliphatic heterocycles. The zero-order valence-corrected chi connectivity index (χ0v) is 18.2. The van der Waals surface area contributed by atoms with E-state index in [1.165, 1.54) is 23.3 Å². The van der Waals surface area contributed by atoms with E-state index in [1.54, 1.807) is 23.5 Å². The zero-order chi connectivity index (χ0) is 21.0. The van der Waals surface area contributed by atoms with E-state index in [2.05, 4.69) is 33.4 Å². The Hall–Kier alpha value is -2.48. The molecule has 0 spiro atoms. The van der Waals surface area contributed by atoms with E-state index in [-0.39, 0.29) is 5.82 Å². The SMILES string of the molecule is Fc1ccc(OCc2nc(CN3CCN(Cc4ccc5c(c4)CCO5)CC3)cs2)cc1. The molecule has 0 bridgehead atoms. The Morgan fingerprint density at radius 2 is 1.77 bits per heavy atom. The molecule has 0 radical (unpaired) electrons. The second kappa shape index (κ2) is 9.34. The second-order valence-corrected chi connectivity index (χ2v) is 9.01. The molecule has 0 aliphatic carbocycles. The normalized spacial score (nSPS) is 16.8. The maximum atomic E-state index is 13.0. The van der Waals surface area contributed by atoms with Gasteiger partial charge in [0.2, 0.25) is 0 Å². The topological polar surface area (TPSA) is 37.8 Å². The van der Waals surface area contributed by atoms with Crippen LogP contribution in [0.2, 0.25) is 0 Å². The van der Waals surface area contributed by atoms with Crippen LogP contribution in [0.25, 0.3) is 0 Å². The smallest absolute Gasteiger partial charge is 0.140 e. The highest BCUT2D eigenvalue weighted by Crippen LogP contribution is 2.26. The molecular weight excluding hydrogens is 413 g/mol. The maximum Gasteiger partial charge on any atom is 0.140 e. The summed E-state index contributed by atoms with van der Waals surface area (Å²) in [5.74, 6) is 1.45. The van der Waals surface area contributed by atoms with Crippen LogP contribution in [0.1, 0.15) is 21.8 Å². The number of ether oxygens (including phenoxy) is 2. The Morgan fingerprint density at radius 3 is 2.58 bits per heavy atom. The van der Waals surface area contributed by atoms with Crippen LogP contribution in [0, 0.1) is 5.82 Å². The highest BCUT2D eigenvalue weighted by atomic mass is 32.1. The van der Waals surface area contributed by atoms with Crippen LogP contribution in [0.3, 0.4) is 0 Å². The largest absolute Gasteiger partial charge is 0.493 e. The minimum Gasteiger partial charge on any atom is -0.493 e. The molecular formula is C24H26FN3O2S. The number of hydrogen-bond acceptors (Lipinski definition) is 6. The lowest BCUT2D eigenvalue weighted by Crippen LogP contribution is -2.45. The average Bonchev–Trinajstić information content (AvgIpc) is 3.44. The number of benzene rings is 2. The summed E-state index contributed by atoms with van der Waals surface area (Å²) >= 11 is 1.62. The first-order valence-electron chi connectivity index (χ1n) is 10.7. The number of thiazole rings is 1. The molecule has 31 heavy (non-hydrogen) atoms. The zero-order valence-electron chi connectivity index (χ0n) is 17.4. The molecule has 1 fully saturated rings. The van der Waals surface area contributed by atoms with Gasteiger partial charge >= 0.3 is 0 Å². The van der Waals surface area contributed by atoms with Gasteiger partial charge in [-0.1, -0.05) is 12.1 Å². The first-order chi connectivity index (χ1) is 15.2. The van der Waals surface area contributed by atoms with Gasteiger partial charge in [-0.2, -0.15) is 0 Å². The van der Waals surface area contributed by atoms with E-state index in [1.807, 2.05) is 0 Å². The third kappa shape index (κ3) is 5.23. The molecule has 0 N–H and O–H groups in total. The van der Waals surface area contributed by atoms with Gasteiger partial charge in [0.25, 0.3) is 0 Å². The van der Waals surface area contributed by atoms with Crippen LogP contribution >= 0.6 is 11.3 Å². The van der Waals surface area contributed by atoms with Crippen molar-refractivity contribution in [2.75, 3.05) is 32.8 Å². The number of rotatable bonds is 7. The quantitative estimate of drug-likeness (QED) is 0.554. The lowest BCUT2D eigenvalue weighted by Gasteiger charge is -2.34. The van der Waals surface area contributed by atoms with Gasteiger partial charge in [0.15, 0.2) is 0 Å². The summed E-state index contributed by atoms with van der Waals surface area (Å²) in [6, 6.07) is 12.7. The van der Waals surface area contributed by atoms with E-state index in [0.29, 0.717) is 12.4 Å². The predicted octanol–water partition coefficient (Wildman–Crippen LogP) is 4.11. The van der Waals surface area contributed by atoms with Crippen molar-refractivity contribution in [3.05, 3.63) is 75.5 Å². The maximum absolute atomic E-state index is 13.0. The molecule has 2 aromatic carbocycles. The monoisotopic (exact) mass is 439 g/mol. The number of nitrogens with zero attached hydrogens (tertiary/aromatic N) is 3. The molecule has 3 heterocycles. The highest BCUT2D eigenvalue weighted by Gasteiger charge is 2.19. The van der Waals surface area contributed by atoms with Gasteiger partial charge in [0.1, 0.15) is 28.9 Å². The van der Waals surface area contributed by atoms with Crippen molar-refractivity contribution in [3.63, 3.8) is 0 Å². The van der Waals surface area contributed by atoms with E-state index in [4.69, 9.17) is 14.5 Å². The second-order valence-electron chi connectivity index (χ2n) is 8.07. The third-order valence-electron chi connectivity index (χ3n) is 5.79. The van der Waals surface area contributed by atoms with Crippen molar-refractivity contribution in [3.8, 4) is 11.5 Å². The van der Waals surface area contributed by atoms with Gasteiger partial charge in [0.05, 0.1) is 12.3 Å². The molecule has 5 rings (SSSR count). The fourth-order valence-corrected chi connectivity index (χ4v) is 4.79. The molecule has 2 aliphatic rings. The number of aromatic nitrogens is 1. The van der Waals surface area contributed by atoms with E-state index < -0.39 is 0 Å². The minimum absolute atomic E-state index is 0.258. The summed E-state index contributed by atoms with van der Waals surface area (Å²) in [5, 5.41) is 3.06. The summed E-state index contributed by atoms with van der Waals surface area (Å²) in [6.07, 6.45) is 1.03.